The molecule has 1 aromatic carbocycles. The number of carbonyl (C=O) groups is 1. The van der Waals surface area contributed by atoms with E-state index in [9.17, 15) is 4.79 Å². The number of ether oxygens (including phenoxy) is 1. The van der Waals surface area contributed by atoms with E-state index in [0.29, 0.717) is 50.0 Å². The van der Waals surface area contributed by atoms with Gasteiger partial charge in [0.15, 0.2) is 5.82 Å². The molecule has 9 nitrogen and oxygen atoms in total. The second kappa shape index (κ2) is 9.34. The van der Waals surface area contributed by atoms with Gasteiger partial charge in [-0.25, -0.2) is 0 Å². The van der Waals surface area contributed by atoms with Crippen molar-refractivity contribution in [2.45, 2.75) is 19.3 Å². The molecule has 0 atom stereocenters. The molecule has 1 saturated heterocycles. The zero-order valence-corrected chi connectivity index (χ0v) is 16.9. The van der Waals surface area contributed by atoms with Gasteiger partial charge in [-0.2, -0.15) is 4.98 Å². The van der Waals surface area contributed by atoms with Crippen LogP contribution < -0.4 is 9.64 Å². The molecule has 4 rings (SSSR count). The number of rotatable bonds is 7. The summed E-state index contributed by atoms with van der Waals surface area (Å²) < 4.78 is 10.8. The number of piperazine rings is 1. The number of benzene rings is 1. The Kier molecular flexibility index (Phi) is 6.17. The minimum absolute atomic E-state index is 0.147. The van der Waals surface area contributed by atoms with Crippen LogP contribution >= 0.6 is 0 Å². The van der Waals surface area contributed by atoms with Crippen molar-refractivity contribution < 1.29 is 13.9 Å². The lowest BCUT2D eigenvalue weighted by Gasteiger charge is -2.35. The van der Waals surface area contributed by atoms with E-state index in [1.54, 1.807) is 19.5 Å². The summed E-state index contributed by atoms with van der Waals surface area (Å²) in [7, 11) is 1.57. The van der Waals surface area contributed by atoms with Crippen molar-refractivity contribution in [2.75, 3.05) is 38.2 Å². The van der Waals surface area contributed by atoms with E-state index in [0.717, 1.165) is 24.5 Å². The van der Waals surface area contributed by atoms with Crippen molar-refractivity contribution in [3.63, 3.8) is 0 Å². The molecule has 0 radical (unpaired) electrons. The van der Waals surface area contributed by atoms with Crippen LogP contribution in [0.3, 0.4) is 0 Å². The molecule has 2 aromatic heterocycles. The number of aromatic nitrogens is 4. The summed E-state index contributed by atoms with van der Waals surface area (Å²) in [6, 6.07) is 9.66. The number of anilines is 1. The van der Waals surface area contributed by atoms with Gasteiger partial charge in [-0.15, -0.1) is 10.2 Å². The van der Waals surface area contributed by atoms with E-state index in [-0.39, 0.29) is 5.91 Å². The van der Waals surface area contributed by atoms with Crippen molar-refractivity contribution in [1.29, 1.82) is 0 Å². The molecule has 0 saturated carbocycles. The van der Waals surface area contributed by atoms with Crippen LogP contribution in [0.25, 0.3) is 11.5 Å². The van der Waals surface area contributed by atoms with Crippen molar-refractivity contribution in [3.05, 3.63) is 48.6 Å². The van der Waals surface area contributed by atoms with E-state index < -0.39 is 0 Å². The highest BCUT2D eigenvalue weighted by molar-refractivity contribution is 5.76. The zero-order valence-electron chi connectivity index (χ0n) is 16.9. The maximum Gasteiger partial charge on any atom is 0.247 e. The van der Waals surface area contributed by atoms with E-state index in [1.807, 2.05) is 35.2 Å². The molecular weight excluding hydrogens is 384 g/mol. The summed E-state index contributed by atoms with van der Waals surface area (Å²) >= 11 is 0. The molecule has 0 N–H and O–H groups in total. The molecular formula is C21H24N6O3. The van der Waals surface area contributed by atoms with Crippen LogP contribution in [0.2, 0.25) is 0 Å². The van der Waals surface area contributed by atoms with E-state index in [2.05, 4.69) is 25.1 Å². The molecule has 1 aliphatic heterocycles. The number of aryl methyl sites for hydroxylation is 1. The highest BCUT2D eigenvalue weighted by atomic mass is 16.5. The van der Waals surface area contributed by atoms with Crippen LogP contribution in [-0.2, 0) is 11.2 Å². The fourth-order valence-corrected chi connectivity index (χ4v) is 3.37. The Morgan fingerprint density at radius 1 is 1.10 bits per heavy atom. The number of carbonyl (C=O) groups excluding carboxylic acids is 1. The van der Waals surface area contributed by atoms with Crippen LogP contribution in [0.5, 0.6) is 5.88 Å². The largest absolute Gasteiger partial charge is 0.480 e. The monoisotopic (exact) mass is 408 g/mol. The SMILES string of the molecule is COc1cncc(N2CCN(C(=O)CCCc3nnc(-c4ccccc4)o3)CC2)n1. The van der Waals surface area contributed by atoms with Crippen LogP contribution in [0.1, 0.15) is 18.7 Å². The second-order valence-electron chi connectivity index (χ2n) is 7.01. The van der Waals surface area contributed by atoms with Gasteiger partial charge in [0.05, 0.1) is 19.5 Å². The summed E-state index contributed by atoms with van der Waals surface area (Å²) in [5.74, 6) is 2.47. The normalized spacial score (nSPS) is 14.0. The fraction of sp³-hybridized carbons (Fsp3) is 0.381. The van der Waals surface area contributed by atoms with Crippen molar-refractivity contribution >= 4 is 11.7 Å². The topological polar surface area (TPSA) is 97.5 Å². The van der Waals surface area contributed by atoms with Crippen LogP contribution in [0.15, 0.2) is 47.1 Å². The lowest BCUT2D eigenvalue weighted by Crippen LogP contribution is -2.49. The van der Waals surface area contributed by atoms with Gasteiger partial charge < -0.3 is 19.0 Å². The average molecular weight is 408 g/mol. The first-order valence-corrected chi connectivity index (χ1v) is 9.99. The Morgan fingerprint density at radius 2 is 1.90 bits per heavy atom. The molecule has 1 fully saturated rings. The highest BCUT2D eigenvalue weighted by Gasteiger charge is 2.22. The molecule has 9 heteroatoms. The first kappa shape index (κ1) is 19.8. The first-order chi connectivity index (χ1) is 14.7. The lowest BCUT2D eigenvalue weighted by atomic mass is 10.2. The standard InChI is InChI=1S/C21H24N6O3/c1-29-19-15-22-14-17(23-19)26-10-12-27(13-11-26)20(28)9-5-8-18-24-25-21(30-18)16-6-3-2-4-7-16/h2-4,6-7,14-15H,5,8-13H2,1H3. The molecule has 0 unspecified atom stereocenters. The van der Waals surface area contributed by atoms with E-state index in [4.69, 9.17) is 9.15 Å². The zero-order chi connectivity index (χ0) is 20.8. The Labute approximate surface area is 174 Å². The maximum atomic E-state index is 12.6. The van der Waals surface area contributed by atoms with Crippen LogP contribution in [-0.4, -0.2) is 64.3 Å². The summed E-state index contributed by atoms with van der Waals surface area (Å²) in [5, 5.41) is 8.17. The molecule has 0 bridgehead atoms. The van der Waals surface area contributed by atoms with Gasteiger partial charge in [-0.05, 0) is 18.6 Å². The molecule has 30 heavy (non-hydrogen) atoms. The first-order valence-electron chi connectivity index (χ1n) is 9.99. The van der Waals surface area contributed by atoms with Gasteiger partial charge in [0.25, 0.3) is 0 Å². The van der Waals surface area contributed by atoms with Crippen LogP contribution in [0, 0.1) is 0 Å². The van der Waals surface area contributed by atoms with Gasteiger partial charge in [0.1, 0.15) is 0 Å². The number of hydrogen-bond donors (Lipinski definition) is 0. The molecule has 0 aliphatic carbocycles. The molecule has 3 aromatic rings. The summed E-state index contributed by atoms with van der Waals surface area (Å²) in [5.41, 5.74) is 0.894. The predicted octanol–water partition coefficient (Wildman–Crippen LogP) is 2.21. The van der Waals surface area contributed by atoms with E-state index >= 15 is 0 Å². The van der Waals surface area contributed by atoms with Gasteiger partial charge >= 0.3 is 0 Å². The second-order valence-corrected chi connectivity index (χ2v) is 7.01. The Bertz CT molecular complexity index is 970. The van der Waals surface area contributed by atoms with Gasteiger partial charge in [0, 0.05) is 44.6 Å². The average Bonchev–Trinajstić information content (AvgIpc) is 3.29. The van der Waals surface area contributed by atoms with E-state index in [1.165, 1.54) is 0 Å². The van der Waals surface area contributed by atoms with Gasteiger partial charge in [0.2, 0.25) is 23.6 Å². The van der Waals surface area contributed by atoms with Crippen LogP contribution in [0.4, 0.5) is 5.82 Å². The smallest absolute Gasteiger partial charge is 0.247 e. The van der Waals surface area contributed by atoms with Crippen molar-refractivity contribution in [2.24, 2.45) is 0 Å². The third-order valence-electron chi connectivity index (χ3n) is 5.03. The minimum atomic E-state index is 0.147. The highest BCUT2D eigenvalue weighted by Crippen LogP contribution is 2.19. The quantitative estimate of drug-likeness (QED) is 0.587. The molecule has 1 amide bonds. The maximum absolute atomic E-state index is 12.6. The lowest BCUT2D eigenvalue weighted by molar-refractivity contribution is -0.131. The number of hydrogen-bond acceptors (Lipinski definition) is 8. The number of methoxy groups -OCH3 is 1. The summed E-state index contributed by atoms with van der Waals surface area (Å²) in [6.45, 7) is 2.77. The molecule has 0 spiro atoms. The number of amides is 1. The van der Waals surface area contributed by atoms with Crippen molar-refractivity contribution in [3.8, 4) is 17.3 Å². The summed E-state index contributed by atoms with van der Waals surface area (Å²) in [6.07, 6.45) is 5.02. The molecule has 156 valence electrons. The fourth-order valence-electron chi connectivity index (χ4n) is 3.37. The summed E-state index contributed by atoms with van der Waals surface area (Å²) in [4.78, 5) is 25.1. The van der Waals surface area contributed by atoms with Gasteiger partial charge in [-0.1, -0.05) is 18.2 Å². The number of nitrogens with zero attached hydrogens (tertiary/aromatic N) is 6. The Hall–Kier alpha value is -3.49. The minimum Gasteiger partial charge on any atom is -0.480 e. The third kappa shape index (κ3) is 4.73. The Balaban J connectivity index is 1.22. The predicted molar refractivity (Wildman–Crippen MR) is 110 cm³/mol. The van der Waals surface area contributed by atoms with Gasteiger partial charge in [-0.3, -0.25) is 9.78 Å². The molecule has 3 heterocycles. The third-order valence-corrected chi connectivity index (χ3v) is 5.03. The Morgan fingerprint density at radius 3 is 2.67 bits per heavy atom. The molecule has 1 aliphatic rings. The van der Waals surface area contributed by atoms with Crippen molar-refractivity contribution in [1.82, 2.24) is 25.1 Å².